The second kappa shape index (κ2) is 11.8. The van der Waals surface area contributed by atoms with Crippen LogP contribution in [-0.2, 0) is 16.3 Å². The summed E-state index contributed by atoms with van der Waals surface area (Å²) in [7, 11) is -3.13. The molecule has 0 aliphatic rings. The SMILES string of the molecule is CCNC(=NCCCC(C)(C)C)NCCc1ccc(S(C)(=O)=O)cc1.I. The molecule has 0 atom stereocenters. The van der Waals surface area contributed by atoms with Crippen LogP contribution in [0.1, 0.15) is 46.1 Å². The molecule has 0 fully saturated rings. The summed E-state index contributed by atoms with van der Waals surface area (Å²) in [5, 5.41) is 6.59. The molecule has 0 heterocycles. The lowest BCUT2D eigenvalue weighted by Gasteiger charge is -2.17. The molecule has 0 saturated carbocycles. The molecular formula is C19H34IN3O2S. The predicted octanol–water partition coefficient (Wildman–Crippen LogP) is 3.63. The maximum atomic E-state index is 11.5. The Bertz CT molecular complexity index is 650. The van der Waals surface area contributed by atoms with Crippen LogP contribution >= 0.6 is 24.0 Å². The van der Waals surface area contributed by atoms with Gasteiger partial charge in [-0.3, -0.25) is 4.99 Å². The van der Waals surface area contributed by atoms with Crippen molar-refractivity contribution in [1.82, 2.24) is 10.6 Å². The zero-order valence-electron chi connectivity index (χ0n) is 16.6. The van der Waals surface area contributed by atoms with Crippen LogP contribution < -0.4 is 10.6 Å². The fourth-order valence-corrected chi connectivity index (χ4v) is 3.00. The molecule has 2 N–H and O–H groups in total. The lowest BCUT2D eigenvalue weighted by Crippen LogP contribution is -2.38. The molecular weight excluding hydrogens is 461 g/mol. The van der Waals surface area contributed by atoms with Gasteiger partial charge >= 0.3 is 0 Å². The molecule has 0 amide bonds. The van der Waals surface area contributed by atoms with E-state index in [4.69, 9.17) is 0 Å². The minimum atomic E-state index is -3.13. The highest BCUT2D eigenvalue weighted by molar-refractivity contribution is 14.0. The number of rotatable bonds is 8. The van der Waals surface area contributed by atoms with Gasteiger partial charge in [0.1, 0.15) is 0 Å². The monoisotopic (exact) mass is 495 g/mol. The quantitative estimate of drug-likeness (QED) is 0.250. The van der Waals surface area contributed by atoms with Gasteiger partial charge in [-0.1, -0.05) is 32.9 Å². The van der Waals surface area contributed by atoms with Crippen molar-refractivity contribution in [3.63, 3.8) is 0 Å². The van der Waals surface area contributed by atoms with Crippen LogP contribution in [-0.4, -0.2) is 40.3 Å². The third kappa shape index (κ3) is 11.0. The van der Waals surface area contributed by atoms with Gasteiger partial charge in [-0.05, 0) is 49.3 Å². The zero-order valence-corrected chi connectivity index (χ0v) is 19.8. The minimum absolute atomic E-state index is 0. The molecule has 0 aromatic heterocycles. The molecule has 7 heteroatoms. The van der Waals surface area contributed by atoms with E-state index in [1.165, 1.54) is 6.26 Å². The number of nitrogens with zero attached hydrogens (tertiary/aromatic N) is 1. The lowest BCUT2D eigenvalue weighted by atomic mass is 9.91. The maximum Gasteiger partial charge on any atom is 0.191 e. The van der Waals surface area contributed by atoms with Crippen molar-refractivity contribution < 1.29 is 8.42 Å². The van der Waals surface area contributed by atoms with Crippen molar-refractivity contribution in [2.75, 3.05) is 25.9 Å². The number of hydrogen-bond acceptors (Lipinski definition) is 3. The van der Waals surface area contributed by atoms with E-state index in [2.05, 4.69) is 43.3 Å². The summed E-state index contributed by atoms with van der Waals surface area (Å²) in [4.78, 5) is 4.97. The van der Waals surface area contributed by atoms with E-state index in [9.17, 15) is 8.42 Å². The highest BCUT2D eigenvalue weighted by atomic mass is 127. The second-order valence-electron chi connectivity index (χ2n) is 7.52. The van der Waals surface area contributed by atoms with Crippen molar-refractivity contribution in [1.29, 1.82) is 0 Å². The van der Waals surface area contributed by atoms with Crippen molar-refractivity contribution in [3.8, 4) is 0 Å². The van der Waals surface area contributed by atoms with E-state index in [0.29, 0.717) is 10.3 Å². The van der Waals surface area contributed by atoms with Gasteiger partial charge in [0.25, 0.3) is 0 Å². The fraction of sp³-hybridized carbons (Fsp3) is 0.632. The number of nitrogens with one attached hydrogen (secondary N) is 2. The number of benzene rings is 1. The lowest BCUT2D eigenvalue weighted by molar-refractivity contribution is 0.368. The van der Waals surface area contributed by atoms with Crippen LogP contribution in [0.2, 0.25) is 0 Å². The standard InChI is InChI=1S/C19H33N3O2S.HI/c1-6-20-18(21-14-7-13-19(2,3)4)22-15-12-16-8-10-17(11-9-16)25(5,23)24;/h8-11H,6-7,12-15H2,1-5H3,(H2,20,21,22);1H. The van der Waals surface area contributed by atoms with E-state index >= 15 is 0 Å². The molecule has 0 bridgehead atoms. The molecule has 0 radical (unpaired) electrons. The summed E-state index contributed by atoms with van der Waals surface area (Å²) < 4.78 is 22.9. The average molecular weight is 495 g/mol. The third-order valence-corrected chi connectivity index (χ3v) is 4.89. The summed E-state index contributed by atoms with van der Waals surface area (Å²) in [6.07, 6.45) is 4.27. The minimum Gasteiger partial charge on any atom is -0.357 e. The van der Waals surface area contributed by atoms with Crippen LogP contribution in [0.15, 0.2) is 34.2 Å². The van der Waals surface area contributed by atoms with Crippen LogP contribution in [0.4, 0.5) is 0 Å². The van der Waals surface area contributed by atoms with Gasteiger partial charge in [0.15, 0.2) is 15.8 Å². The molecule has 1 aromatic carbocycles. The molecule has 0 unspecified atom stereocenters. The summed E-state index contributed by atoms with van der Waals surface area (Å²) in [5.74, 6) is 0.837. The van der Waals surface area contributed by atoms with Gasteiger partial charge in [0.2, 0.25) is 0 Å². The molecule has 0 saturated heterocycles. The van der Waals surface area contributed by atoms with E-state index in [0.717, 1.165) is 50.4 Å². The van der Waals surface area contributed by atoms with Crippen molar-refractivity contribution in [2.45, 2.75) is 51.9 Å². The van der Waals surface area contributed by atoms with Gasteiger partial charge in [-0.15, -0.1) is 24.0 Å². The van der Waals surface area contributed by atoms with Crippen molar-refractivity contribution >= 4 is 39.8 Å². The molecule has 150 valence electrons. The highest BCUT2D eigenvalue weighted by Crippen LogP contribution is 2.20. The Morgan fingerprint density at radius 2 is 1.73 bits per heavy atom. The molecule has 0 aliphatic heterocycles. The zero-order chi connectivity index (χ0) is 18.9. The van der Waals surface area contributed by atoms with Crippen molar-refractivity contribution in [2.24, 2.45) is 10.4 Å². The Balaban J connectivity index is 0.00000625. The maximum absolute atomic E-state index is 11.5. The first kappa shape index (κ1) is 25.2. The van der Waals surface area contributed by atoms with E-state index in [1.54, 1.807) is 12.1 Å². The summed E-state index contributed by atoms with van der Waals surface area (Å²) >= 11 is 0. The smallest absolute Gasteiger partial charge is 0.191 e. The first-order valence-electron chi connectivity index (χ1n) is 8.93. The molecule has 0 spiro atoms. The Hall–Kier alpha value is -0.830. The number of aliphatic imine (C=N–C) groups is 1. The first-order valence-corrected chi connectivity index (χ1v) is 10.8. The number of sulfone groups is 1. The Kier molecular flexibility index (Phi) is 11.4. The third-order valence-electron chi connectivity index (χ3n) is 3.76. The van der Waals surface area contributed by atoms with Crippen LogP contribution in [0.5, 0.6) is 0 Å². The predicted molar refractivity (Wildman–Crippen MR) is 121 cm³/mol. The average Bonchev–Trinajstić information content (AvgIpc) is 2.50. The Labute approximate surface area is 176 Å². The largest absolute Gasteiger partial charge is 0.357 e. The Morgan fingerprint density at radius 3 is 2.23 bits per heavy atom. The number of hydrogen-bond donors (Lipinski definition) is 2. The first-order chi connectivity index (χ1) is 11.6. The molecule has 0 aliphatic carbocycles. The van der Waals surface area contributed by atoms with Crippen LogP contribution in [0, 0.1) is 5.41 Å². The van der Waals surface area contributed by atoms with Crippen molar-refractivity contribution in [3.05, 3.63) is 29.8 Å². The fourth-order valence-electron chi connectivity index (χ4n) is 2.37. The van der Waals surface area contributed by atoms with Gasteiger partial charge in [-0.25, -0.2) is 8.42 Å². The van der Waals surface area contributed by atoms with Gasteiger partial charge in [0.05, 0.1) is 4.90 Å². The highest BCUT2D eigenvalue weighted by Gasteiger charge is 2.09. The van der Waals surface area contributed by atoms with Crippen LogP contribution in [0.25, 0.3) is 0 Å². The van der Waals surface area contributed by atoms with Gasteiger partial charge < -0.3 is 10.6 Å². The molecule has 26 heavy (non-hydrogen) atoms. The van der Waals surface area contributed by atoms with E-state index in [1.807, 2.05) is 12.1 Å². The van der Waals surface area contributed by atoms with E-state index < -0.39 is 9.84 Å². The normalized spacial score (nSPS) is 12.4. The van der Waals surface area contributed by atoms with Gasteiger partial charge in [-0.2, -0.15) is 0 Å². The van der Waals surface area contributed by atoms with E-state index in [-0.39, 0.29) is 24.0 Å². The second-order valence-corrected chi connectivity index (χ2v) is 9.53. The van der Waals surface area contributed by atoms with Gasteiger partial charge in [0, 0.05) is 25.9 Å². The summed E-state index contributed by atoms with van der Waals surface area (Å²) in [6, 6.07) is 7.06. The number of halogens is 1. The summed E-state index contributed by atoms with van der Waals surface area (Å²) in [5.41, 5.74) is 1.45. The molecule has 1 rings (SSSR count). The molecule has 1 aromatic rings. The van der Waals surface area contributed by atoms with Crippen LogP contribution in [0.3, 0.4) is 0 Å². The number of guanidine groups is 1. The Morgan fingerprint density at radius 1 is 1.12 bits per heavy atom. The summed E-state index contributed by atoms with van der Waals surface area (Å²) in [6.45, 7) is 11.2. The topological polar surface area (TPSA) is 70.6 Å². The molecule has 5 nitrogen and oxygen atoms in total.